The maximum atomic E-state index is 12.2. The first-order valence-electron chi connectivity index (χ1n) is 6.79. The predicted molar refractivity (Wildman–Crippen MR) is 76.1 cm³/mol. The summed E-state index contributed by atoms with van der Waals surface area (Å²) in [6.07, 6.45) is 1.23. The number of rotatable bonds is 1. The van der Waals surface area contributed by atoms with Crippen molar-refractivity contribution in [2.24, 2.45) is 0 Å². The highest BCUT2D eigenvalue weighted by Crippen LogP contribution is 2.27. The Morgan fingerprint density at radius 3 is 2.60 bits per heavy atom. The number of nitrogens with zero attached hydrogens (tertiary/aromatic N) is 2. The van der Waals surface area contributed by atoms with Crippen LogP contribution in [0.25, 0.3) is 0 Å². The van der Waals surface area contributed by atoms with Crippen LogP contribution in [0.15, 0.2) is 12.1 Å². The number of hydrogen-bond donors (Lipinski definition) is 0. The second kappa shape index (κ2) is 5.23. The number of aromatic nitrogens is 1. The van der Waals surface area contributed by atoms with Crippen molar-refractivity contribution in [3.05, 3.63) is 23.5 Å². The molecule has 5 nitrogen and oxygen atoms in total. The highest BCUT2D eigenvalue weighted by molar-refractivity contribution is 5.94. The van der Waals surface area contributed by atoms with Crippen LogP contribution in [-0.4, -0.2) is 29.0 Å². The third kappa shape index (κ3) is 3.15. The summed E-state index contributed by atoms with van der Waals surface area (Å²) < 4.78 is 5.40. The summed E-state index contributed by atoms with van der Waals surface area (Å²) in [5, 5.41) is 0. The third-order valence-corrected chi connectivity index (χ3v) is 3.01. The molecular weight excluding hydrogens is 256 g/mol. The molecule has 5 heteroatoms. The van der Waals surface area contributed by atoms with E-state index < -0.39 is 5.60 Å². The molecule has 0 atom stereocenters. The standard InChI is InChI=1S/C15H20N2O3/c1-10(18)11-7-8-13-12(16-11)6-5-9-17(13)14(19)20-15(2,3)4/h7-8H,5-6,9H2,1-4H3. The van der Waals surface area contributed by atoms with Gasteiger partial charge < -0.3 is 4.74 Å². The molecule has 0 spiro atoms. The van der Waals surface area contributed by atoms with E-state index in [1.165, 1.54) is 6.92 Å². The fourth-order valence-electron chi connectivity index (χ4n) is 2.15. The van der Waals surface area contributed by atoms with Gasteiger partial charge in [0.1, 0.15) is 11.3 Å². The number of carbonyl (C=O) groups excluding carboxylic acids is 2. The van der Waals surface area contributed by atoms with Crippen LogP contribution in [0.4, 0.5) is 10.5 Å². The fraction of sp³-hybridized carbons (Fsp3) is 0.533. The lowest BCUT2D eigenvalue weighted by Gasteiger charge is -2.31. The first-order valence-corrected chi connectivity index (χ1v) is 6.79. The van der Waals surface area contributed by atoms with Crippen molar-refractivity contribution in [2.75, 3.05) is 11.4 Å². The Morgan fingerprint density at radius 2 is 2.00 bits per heavy atom. The number of anilines is 1. The Balaban J connectivity index is 2.29. The summed E-state index contributed by atoms with van der Waals surface area (Å²) in [6.45, 7) is 7.62. The van der Waals surface area contributed by atoms with E-state index >= 15 is 0 Å². The molecule has 0 saturated heterocycles. The number of amides is 1. The quantitative estimate of drug-likeness (QED) is 0.740. The molecular formula is C15H20N2O3. The molecule has 1 aromatic rings. The highest BCUT2D eigenvalue weighted by atomic mass is 16.6. The average Bonchev–Trinajstić information content (AvgIpc) is 2.35. The van der Waals surface area contributed by atoms with Gasteiger partial charge >= 0.3 is 6.09 Å². The number of Topliss-reactive ketones (excluding diaryl/α,β-unsaturated/α-hetero) is 1. The van der Waals surface area contributed by atoms with Gasteiger partial charge in [-0.05, 0) is 45.7 Å². The minimum atomic E-state index is -0.526. The molecule has 0 aliphatic carbocycles. The highest BCUT2D eigenvalue weighted by Gasteiger charge is 2.28. The molecule has 1 aliphatic heterocycles. The molecule has 0 unspecified atom stereocenters. The van der Waals surface area contributed by atoms with Gasteiger partial charge in [-0.3, -0.25) is 9.69 Å². The normalized spacial score (nSPS) is 14.7. The largest absolute Gasteiger partial charge is 0.443 e. The van der Waals surface area contributed by atoms with Crippen molar-refractivity contribution in [3.63, 3.8) is 0 Å². The van der Waals surface area contributed by atoms with Gasteiger partial charge in [0, 0.05) is 13.5 Å². The number of ketones is 1. The maximum absolute atomic E-state index is 12.2. The molecule has 0 fully saturated rings. The molecule has 0 bridgehead atoms. The van der Waals surface area contributed by atoms with E-state index in [0.29, 0.717) is 12.2 Å². The van der Waals surface area contributed by atoms with E-state index in [1.54, 1.807) is 17.0 Å². The zero-order valence-corrected chi connectivity index (χ0v) is 12.4. The van der Waals surface area contributed by atoms with Gasteiger partial charge in [-0.25, -0.2) is 9.78 Å². The molecule has 1 aliphatic rings. The Kier molecular flexibility index (Phi) is 3.79. The van der Waals surface area contributed by atoms with Crippen molar-refractivity contribution in [1.82, 2.24) is 4.98 Å². The average molecular weight is 276 g/mol. The van der Waals surface area contributed by atoms with E-state index in [-0.39, 0.29) is 11.9 Å². The van der Waals surface area contributed by atoms with Crippen molar-refractivity contribution in [1.29, 1.82) is 0 Å². The minimum Gasteiger partial charge on any atom is -0.443 e. The number of aryl methyl sites for hydroxylation is 1. The number of pyridine rings is 1. The number of ether oxygens (including phenoxy) is 1. The van der Waals surface area contributed by atoms with Gasteiger partial charge in [0.15, 0.2) is 5.78 Å². The first kappa shape index (κ1) is 14.5. The Labute approximate surface area is 118 Å². The van der Waals surface area contributed by atoms with Gasteiger partial charge in [0.05, 0.1) is 11.4 Å². The van der Waals surface area contributed by atoms with Crippen LogP contribution in [0.1, 0.15) is 50.3 Å². The smallest absolute Gasteiger partial charge is 0.414 e. The van der Waals surface area contributed by atoms with Gasteiger partial charge in [-0.1, -0.05) is 0 Å². The van der Waals surface area contributed by atoms with E-state index in [0.717, 1.165) is 24.2 Å². The topological polar surface area (TPSA) is 59.5 Å². The lowest BCUT2D eigenvalue weighted by atomic mass is 10.1. The van der Waals surface area contributed by atoms with Gasteiger partial charge in [0.25, 0.3) is 0 Å². The fourth-order valence-corrected chi connectivity index (χ4v) is 2.15. The molecule has 2 heterocycles. The second-order valence-electron chi connectivity index (χ2n) is 5.95. The van der Waals surface area contributed by atoms with E-state index in [4.69, 9.17) is 4.74 Å². The molecule has 0 saturated carbocycles. The predicted octanol–water partition coefficient (Wildman–Crippen LogP) is 2.97. The lowest BCUT2D eigenvalue weighted by Crippen LogP contribution is -2.40. The van der Waals surface area contributed by atoms with Crippen LogP contribution in [0, 0.1) is 0 Å². The van der Waals surface area contributed by atoms with Crippen LogP contribution in [-0.2, 0) is 11.2 Å². The number of hydrogen-bond acceptors (Lipinski definition) is 4. The van der Waals surface area contributed by atoms with Crippen molar-refractivity contribution in [3.8, 4) is 0 Å². The second-order valence-corrected chi connectivity index (χ2v) is 5.95. The van der Waals surface area contributed by atoms with Crippen LogP contribution >= 0.6 is 0 Å². The van der Waals surface area contributed by atoms with Crippen molar-refractivity contribution in [2.45, 2.75) is 46.1 Å². The SMILES string of the molecule is CC(=O)c1ccc2c(n1)CCCN2C(=O)OC(C)(C)C. The Morgan fingerprint density at radius 1 is 1.30 bits per heavy atom. The summed E-state index contributed by atoms with van der Waals surface area (Å²) in [5.41, 5.74) is 1.45. The van der Waals surface area contributed by atoms with Crippen LogP contribution in [0.3, 0.4) is 0 Å². The monoisotopic (exact) mass is 276 g/mol. The van der Waals surface area contributed by atoms with Crippen molar-refractivity contribution >= 4 is 17.6 Å². The molecule has 2 rings (SSSR count). The summed E-state index contributed by atoms with van der Waals surface area (Å²) in [4.78, 5) is 29.5. The molecule has 1 aromatic heterocycles. The molecule has 108 valence electrons. The third-order valence-electron chi connectivity index (χ3n) is 3.01. The summed E-state index contributed by atoms with van der Waals surface area (Å²) >= 11 is 0. The molecule has 20 heavy (non-hydrogen) atoms. The lowest BCUT2D eigenvalue weighted by molar-refractivity contribution is 0.0577. The number of fused-ring (bicyclic) bond motifs is 1. The first-order chi connectivity index (χ1) is 9.28. The summed E-state index contributed by atoms with van der Waals surface area (Å²) in [5.74, 6) is -0.0674. The molecule has 0 radical (unpaired) electrons. The summed E-state index contributed by atoms with van der Waals surface area (Å²) in [6, 6.07) is 3.44. The van der Waals surface area contributed by atoms with Gasteiger partial charge in [-0.15, -0.1) is 0 Å². The zero-order valence-electron chi connectivity index (χ0n) is 12.4. The van der Waals surface area contributed by atoms with Gasteiger partial charge in [0.2, 0.25) is 0 Å². The van der Waals surface area contributed by atoms with Gasteiger partial charge in [-0.2, -0.15) is 0 Å². The van der Waals surface area contributed by atoms with Crippen LogP contribution < -0.4 is 4.90 Å². The summed E-state index contributed by atoms with van der Waals surface area (Å²) in [7, 11) is 0. The van der Waals surface area contributed by atoms with E-state index in [9.17, 15) is 9.59 Å². The van der Waals surface area contributed by atoms with Crippen LogP contribution in [0.5, 0.6) is 0 Å². The maximum Gasteiger partial charge on any atom is 0.414 e. The molecule has 0 aromatic carbocycles. The van der Waals surface area contributed by atoms with E-state index in [1.807, 2.05) is 20.8 Å². The minimum absolute atomic E-state index is 0.0674. The Bertz CT molecular complexity index is 547. The van der Waals surface area contributed by atoms with E-state index in [2.05, 4.69) is 4.98 Å². The van der Waals surface area contributed by atoms with Crippen molar-refractivity contribution < 1.29 is 14.3 Å². The Hall–Kier alpha value is -1.91. The zero-order chi connectivity index (χ0) is 14.9. The van der Waals surface area contributed by atoms with Crippen LogP contribution in [0.2, 0.25) is 0 Å². The molecule has 1 amide bonds. The molecule has 0 N–H and O–H groups in total. The number of carbonyl (C=O) groups is 2.